The average molecular weight is 766 g/mol. The van der Waals surface area contributed by atoms with Crippen LogP contribution in [0.2, 0.25) is 0 Å². The van der Waals surface area contributed by atoms with Gasteiger partial charge in [0.1, 0.15) is 17.7 Å². The summed E-state index contributed by atoms with van der Waals surface area (Å²) in [5, 5.41) is 12.5. The van der Waals surface area contributed by atoms with Gasteiger partial charge in [-0.2, -0.15) is 0 Å². The first-order valence-electron chi connectivity index (χ1n) is 16.7. The van der Waals surface area contributed by atoms with Crippen molar-refractivity contribution in [2.75, 3.05) is 0 Å². The van der Waals surface area contributed by atoms with Crippen LogP contribution in [0.15, 0.2) is 148 Å². The molecule has 0 fully saturated rings. The van der Waals surface area contributed by atoms with Crippen molar-refractivity contribution in [1.29, 1.82) is 0 Å². The van der Waals surface area contributed by atoms with E-state index >= 15 is 0 Å². The Bertz CT molecular complexity index is 3080. The zero-order valence-corrected chi connectivity index (χ0v) is 29.8. The maximum Gasteiger partial charge on any atom is 0.111 e. The second-order valence-electron chi connectivity index (χ2n) is 13.1. The van der Waals surface area contributed by atoms with Gasteiger partial charge >= 0.3 is 0 Å². The third-order valence-corrected chi connectivity index (χ3v) is 11.8. The molecule has 1 aliphatic carbocycles. The third kappa shape index (κ3) is 3.81. The number of rotatable bonds is 2. The second kappa shape index (κ2) is 10.5. The van der Waals surface area contributed by atoms with Gasteiger partial charge in [0, 0.05) is 38.2 Å². The molecular formula is C46H25Br2N2+. The van der Waals surface area contributed by atoms with Gasteiger partial charge in [0.25, 0.3) is 0 Å². The van der Waals surface area contributed by atoms with Crippen LogP contribution in [0.5, 0.6) is 0 Å². The van der Waals surface area contributed by atoms with Crippen molar-refractivity contribution < 1.29 is 0 Å². The van der Waals surface area contributed by atoms with Gasteiger partial charge < -0.3 is 9.13 Å². The highest BCUT2D eigenvalue weighted by molar-refractivity contribution is 9.11. The van der Waals surface area contributed by atoms with E-state index in [9.17, 15) is 0 Å². The number of hydrogen-bond acceptors (Lipinski definition) is 0. The molecule has 0 bridgehead atoms. The normalized spacial score (nSPS) is 12.7. The van der Waals surface area contributed by atoms with Crippen molar-refractivity contribution >= 4 is 120 Å². The minimum atomic E-state index is 1.01. The lowest BCUT2D eigenvalue weighted by Crippen LogP contribution is -2.02. The molecule has 11 rings (SSSR count). The lowest BCUT2D eigenvalue weighted by molar-refractivity contribution is 1.11. The zero-order valence-electron chi connectivity index (χ0n) is 26.6. The Morgan fingerprint density at radius 2 is 0.900 bits per heavy atom. The van der Waals surface area contributed by atoms with Crippen LogP contribution in [0.4, 0.5) is 0 Å². The molecule has 0 unspecified atom stereocenters. The lowest BCUT2D eigenvalue weighted by atomic mass is 9.95. The maximum absolute atomic E-state index is 4.23. The Labute approximate surface area is 304 Å². The molecule has 1 aliphatic rings. The number of aromatic nitrogens is 2. The Morgan fingerprint density at radius 3 is 1.42 bits per heavy atom. The van der Waals surface area contributed by atoms with Crippen LogP contribution < -0.4 is 0 Å². The van der Waals surface area contributed by atoms with Gasteiger partial charge in [-0.3, -0.25) is 0 Å². The molecule has 0 aliphatic heterocycles. The molecular weight excluding hydrogens is 740 g/mol. The van der Waals surface area contributed by atoms with Gasteiger partial charge in [0.05, 0.1) is 49.6 Å². The van der Waals surface area contributed by atoms with Crippen LogP contribution in [0, 0.1) is 6.08 Å². The monoisotopic (exact) mass is 763 g/mol. The molecule has 2 heterocycles. The molecule has 2 aromatic heterocycles. The first-order valence-corrected chi connectivity index (χ1v) is 18.3. The van der Waals surface area contributed by atoms with E-state index in [4.69, 9.17) is 0 Å². The molecule has 10 aromatic rings. The summed E-state index contributed by atoms with van der Waals surface area (Å²) in [4.78, 5) is 0. The van der Waals surface area contributed by atoms with Gasteiger partial charge in [-0.15, -0.1) is 0 Å². The smallest absolute Gasteiger partial charge is 0.111 e. The van der Waals surface area contributed by atoms with Crippen LogP contribution in [-0.2, 0) is 0 Å². The molecule has 0 saturated heterocycles. The first kappa shape index (κ1) is 28.3. The Morgan fingerprint density at radius 1 is 0.460 bits per heavy atom. The number of benzene rings is 8. The van der Waals surface area contributed by atoms with Crippen molar-refractivity contribution in [2.24, 2.45) is 0 Å². The van der Waals surface area contributed by atoms with Gasteiger partial charge in [-0.25, -0.2) is 0 Å². The Kier molecular flexibility index (Phi) is 5.95. The summed E-state index contributed by atoms with van der Waals surface area (Å²) in [5.41, 5.74) is 9.25. The summed E-state index contributed by atoms with van der Waals surface area (Å²) in [7, 11) is 0. The second-order valence-corrected chi connectivity index (χ2v) is 14.8. The minimum absolute atomic E-state index is 1.01. The molecule has 4 heteroatoms. The van der Waals surface area contributed by atoms with Crippen LogP contribution in [-0.4, -0.2) is 9.13 Å². The summed E-state index contributed by atoms with van der Waals surface area (Å²) in [6.07, 6.45) is 9.61. The fourth-order valence-corrected chi connectivity index (χ4v) is 9.46. The zero-order chi connectivity index (χ0) is 33.1. The van der Waals surface area contributed by atoms with E-state index in [2.05, 4.69) is 193 Å². The standard InChI is InChI=1S/C46H25Br2N2/c47-31-25-40(49-36-21-17-27-9-1-5-13-32(27)42(36)43-33-14-6-2-10-28(33)18-22-37(43)49)46(48)41(26-31)50-38-23-19-29-11-3-7-15-34(29)44(38)45-35-16-8-4-12-30(35)20-24-39(45)50/h1-3,5-26H/q+1. The summed E-state index contributed by atoms with van der Waals surface area (Å²) in [6.45, 7) is 0. The molecule has 0 N–H and O–H groups in total. The summed E-state index contributed by atoms with van der Waals surface area (Å²) >= 11 is 8.21. The Balaban J connectivity index is 1.30. The van der Waals surface area contributed by atoms with Crippen LogP contribution in [0.25, 0.3) is 99.5 Å². The van der Waals surface area contributed by atoms with Crippen molar-refractivity contribution in [3.8, 4) is 11.4 Å². The summed E-state index contributed by atoms with van der Waals surface area (Å²) in [6, 6.07) is 48.8. The summed E-state index contributed by atoms with van der Waals surface area (Å²) in [5.74, 6) is 0. The van der Waals surface area contributed by atoms with Crippen molar-refractivity contribution in [1.82, 2.24) is 9.13 Å². The summed E-state index contributed by atoms with van der Waals surface area (Å²) < 4.78 is 6.91. The van der Waals surface area contributed by atoms with E-state index in [-0.39, 0.29) is 0 Å². The van der Waals surface area contributed by atoms with Crippen molar-refractivity contribution in [3.05, 3.63) is 166 Å². The average Bonchev–Trinajstić information content (AvgIpc) is 3.69. The van der Waals surface area contributed by atoms with E-state index in [1.807, 2.05) is 6.08 Å². The van der Waals surface area contributed by atoms with Crippen LogP contribution in [0.3, 0.4) is 0 Å². The molecule has 8 aromatic carbocycles. The van der Waals surface area contributed by atoms with Crippen molar-refractivity contribution in [3.63, 3.8) is 0 Å². The van der Waals surface area contributed by atoms with Gasteiger partial charge in [-0.05, 0) is 84.6 Å². The number of allylic oxidation sites excluding steroid dienone is 2. The highest BCUT2D eigenvalue weighted by atomic mass is 79.9. The van der Waals surface area contributed by atoms with Crippen LogP contribution in [0.1, 0.15) is 11.1 Å². The predicted octanol–water partition coefficient (Wildman–Crippen LogP) is 13.7. The molecule has 0 radical (unpaired) electrons. The first-order chi connectivity index (χ1) is 24.7. The van der Waals surface area contributed by atoms with Crippen molar-refractivity contribution in [2.45, 2.75) is 0 Å². The van der Waals surface area contributed by atoms with Gasteiger partial charge in [0.2, 0.25) is 0 Å². The van der Waals surface area contributed by atoms with Crippen LogP contribution >= 0.6 is 31.9 Å². The number of hydrogen-bond donors (Lipinski definition) is 0. The van der Waals surface area contributed by atoms with Gasteiger partial charge in [0.15, 0.2) is 0 Å². The van der Waals surface area contributed by atoms with E-state index in [0.717, 1.165) is 20.3 Å². The number of nitrogens with zero attached hydrogens (tertiary/aromatic N) is 2. The topological polar surface area (TPSA) is 9.86 Å². The molecule has 2 nitrogen and oxygen atoms in total. The van der Waals surface area contributed by atoms with E-state index in [1.54, 1.807) is 0 Å². The highest BCUT2D eigenvalue weighted by Gasteiger charge is 2.25. The minimum Gasteiger partial charge on any atom is -0.308 e. The Hall–Kier alpha value is -5.51. The molecule has 0 atom stereocenters. The number of halogens is 2. The quantitative estimate of drug-likeness (QED) is 0.155. The third-order valence-electron chi connectivity index (χ3n) is 10.5. The molecule has 0 saturated carbocycles. The molecule has 50 heavy (non-hydrogen) atoms. The number of fused-ring (bicyclic) bond motifs is 14. The van der Waals surface area contributed by atoms with E-state index < -0.39 is 0 Å². The SMILES string of the molecule is Brc1cc(-n2c3ccc4c(c3c3c5ccccc5ccc32)C=C[C+]=C4)c(Br)c(-n2c3ccc4ccccc4c3c3c4ccccc4ccc32)c1. The largest absolute Gasteiger partial charge is 0.308 e. The molecule has 0 amide bonds. The van der Waals surface area contributed by atoms with E-state index in [0.29, 0.717) is 0 Å². The molecule has 0 spiro atoms. The fourth-order valence-electron chi connectivity index (χ4n) is 8.44. The lowest BCUT2D eigenvalue weighted by Gasteiger charge is -2.17. The molecule has 232 valence electrons. The fraction of sp³-hybridized carbons (Fsp3) is 0. The van der Waals surface area contributed by atoms with Gasteiger partial charge in [-0.1, -0.05) is 107 Å². The predicted molar refractivity (Wildman–Crippen MR) is 220 cm³/mol. The maximum atomic E-state index is 4.23. The highest BCUT2D eigenvalue weighted by Crippen LogP contribution is 2.46. The van der Waals surface area contributed by atoms with E-state index in [1.165, 1.54) is 87.1 Å².